The number of rotatable bonds is 0. The number of hydrogen-bond donors (Lipinski definition) is 0. The molecule has 579 valence electrons. The van der Waals surface area contributed by atoms with Gasteiger partial charge >= 0.3 is 0 Å². The summed E-state index contributed by atoms with van der Waals surface area (Å²) in [5.74, 6) is 2.35. The van der Waals surface area contributed by atoms with E-state index in [1.165, 1.54) is 99.4 Å². The predicted octanol–water partition coefficient (Wildman–Crippen LogP) is 17.2. The van der Waals surface area contributed by atoms with Gasteiger partial charge in [0.1, 0.15) is 0 Å². The topological polar surface area (TPSA) is 162 Å². The normalized spacial score (nSPS) is 9.79. The molecule has 0 spiro atoms. The van der Waals surface area contributed by atoms with E-state index in [0.717, 1.165) is 51.8 Å². The Morgan fingerprint density at radius 3 is 1.53 bits per heavy atom. The number of likely N-dealkylation sites (N-methyl/N-ethyl adjacent to an activating group) is 1. The van der Waals surface area contributed by atoms with Crippen LogP contribution in [-0.4, -0.2) is 86.5 Å². The number of aromatic nitrogens is 15. The predicted molar refractivity (Wildman–Crippen MR) is 409 cm³/mol. The van der Waals surface area contributed by atoms with Crippen LogP contribution in [0.5, 0.6) is 0 Å². The fourth-order valence-electron chi connectivity index (χ4n) is 10.1. The molecule has 0 saturated heterocycles. The van der Waals surface area contributed by atoms with Crippen LogP contribution in [0, 0.1) is 126 Å². The summed E-state index contributed by atoms with van der Waals surface area (Å²) in [6.07, 6.45) is 35.0. The van der Waals surface area contributed by atoms with Crippen molar-refractivity contribution in [3.8, 4) is 0 Å². The number of imidazole rings is 1. The molecule has 1 aliphatic carbocycles. The maximum Gasteiger partial charge on any atom is 0.223 e. The van der Waals surface area contributed by atoms with E-state index < -0.39 is 0 Å². The summed E-state index contributed by atoms with van der Waals surface area (Å²) in [5.41, 5.74) is 18.0. The van der Waals surface area contributed by atoms with Crippen LogP contribution in [0.2, 0.25) is 0 Å². The van der Waals surface area contributed by atoms with Crippen LogP contribution in [0.25, 0.3) is 32.8 Å². The number of pyridine rings is 4. The van der Waals surface area contributed by atoms with E-state index in [1.807, 2.05) is 175 Å². The third-order valence-electron chi connectivity index (χ3n) is 15.5. The summed E-state index contributed by atoms with van der Waals surface area (Å²) in [5, 5.41) is 15.4. The molecule has 1 saturated carbocycles. The minimum atomic E-state index is 0. The average molecular weight is 2850 g/mol. The summed E-state index contributed by atoms with van der Waals surface area (Å²) >= 11 is 0. The molecule has 0 unspecified atom stereocenters. The second-order valence-electron chi connectivity index (χ2n) is 25.2. The molecule has 11 aromatic heterocycles. The zero-order valence-electron chi connectivity index (χ0n) is 72.6. The Labute approximate surface area is 1130 Å². The maximum absolute atomic E-state index is 4.60. The van der Waals surface area contributed by atoms with Crippen molar-refractivity contribution in [3.63, 3.8) is 0 Å². The molecular weight excluding hydrogens is 2750 g/mol. The van der Waals surface area contributed by atoms with Crippen molar-refractivity contribution in [1.29, 1.82) is 0 Å². The van der Waals surface area contributed by atoms with E-state index in [1.54, 1.807) is 49.5 Å². The second-order valence-corrected chi connectivity index (χ2v) is 25.2. The molecule has 0 bridgehead atoms. The van der Waals surface area contributed by atoms with Crippen LogP contribution >= 0.6 is 0 Å². The largest absolute Gasteiger partial charge is 0.429 e. The number of nitrogens with zero attached hydrogens (tertiary/aromatic N) is 16. The molecule has 17 radical (unpaired) electrons. The van der Waals surface area contributed by atoms with Gasteiger partial charge in [-0.15, -0.1) is 35.7 Å². The molecular formula is C83H104N16OY17-6. The number of aryl methyl sites for hydroxylation is 18. The molecule has 0 N–H and O–H groups in total. The first kappa shape index (κ1) is 153. The van der Waals surface area contributed by atoms with Gasteiger partial charge in [0.15, 0.2) is 5.82 Å². The molecule has 3 aromatic carbocycles. The number of anilines is 1. The molecule has 14 aromatic rings. The van der Waals surface area contributed by atoms with Crippen molar-refractivity contribution in [2.75, 3.05) is 18.5 Å². The van der Waals surface area contributed by atoms with Gasteiger partial charge in [0.25, 0.3) is 0 Å². The minimum absolute atomic E-state index is 0. The zero-order chi connectivity index (χ0) is 72.9. The number of fused-ring (bicyclic) bond motifs is 4. The Morgan fingerprint density at radius 1 is 0.496 bits per heavy atom. The SMILES string of the molecule is CC1CCCCC1.CN1CCc2c[c-]ccc21.Cc1[c-]cn(C)n1.Cc1c[c-]c(C)nc1.Cc1c[c-]ncc1.Cc1ccc2c(c1)c(C)cn2C.Cc1ccc2c(cnn2C)c1.Cc1ccc[c-]n1.Cc1ccn(C)c1.Cc1cn(C)cn1.Cc1noc(C)n1.Cn1ccc2c[c-]cnc21.[Y].[Y].[Y].[Y].[Y].[Y].[Y].[Y].[Y].[Y].[Y].[Y].[Y].[Y].[Y].[Y].[Y]. The third-order valence-corrected chi connectivity index (χ3v) is 15.5. The van der Waals surface area contributed by atoms with E-state index >= 15 is 0 Å². The molecule has 34 heteroatoms. The Morgan fingerprint density at radius 2 is 1.14 bits per heavy atom. The van der Waals surface area contributed by atoms with Crippen LogP contribution in [0.15, 0.2) is 182 Å². The Hall–Kier alpha value is 8.22. The van der Waals surface area contributed by atoms with Crippen molar-refractivity contribution in [1.82, 2.24) is 72.9 Å². The molecule has 16 rings (SSSR count). The number of benzene rings is 3. The van der Waals surface area contributed by atoms with Gasteiger partial charge in [-0.1, -0.05) is 143 Å². The Bertz CT molecular complexity index is 4290. The van der Waals surface area contributed by atoms with Gasteiger partial charge in [0.05, 0.1) is 29.4 Å². The van der Waals surface area contributed by atoms with E-state index in [2.05, 4.69) is 212 Å². The minimum Gasteiger partial charge on any atom is -0.429 e. The van der Waals surface area contributed by atoms with Crippen molar-refractivity contribution in [3.05, 3.63) is 288 Å². The fraction of sp³-hybridized carbons (Fsp3) is 0.337. The van der Waals surface area contributed by atoms with E-state index in [9.17, 15) is 0 Å². The third kappa shape index (κ3) is 68.0. The molecule has 117 heavy (non-hydrogen) atoms. The van der Waals surface area contributed by atoms with Crippen LogP contribution < -0.4 is 4.90 Å². The summed E-state index contributed by atoms with van der Waals surface area (Å²) in [4.78, 5) is 25.8. The first-order chi connectivity index (χ1) is 47.8. The second kappa shape index (κ2) is 90.7. The Balaban J connectivity index is -0.0000000909. The fourth-order valence-corrected chi connectivity index (χ4v) is 10.1. The van der Waals surface area contributed by atoms with Crippen molar-refractivity contribution >= 4 is 38.5 Å². The van der Waals surface area contributed by atoms with Gasteiger partial charge < -0.3 is 53.4 Å². The van der Waals surface area contributed by atoms with Gasteiger partial charge in [0, 0.05) is 660 Å². The maximum atomic E-state index is 4.60. The smallest absolute Gasteiger partial charge is 0.223 e. The van der Waals surface area contributed by atoms with Gasteiger partial charge in [-0.25, -0.2) is 34.3 Å². The van der Waals surface area contributed by atoms with Crippen molar-refractivity contribution < 1.29 is 561 Å². The summed E-state index contributed by atoms with van der Waals surface area (Å²) in [7, 11) is 14.0. The first-order valence-electron chi connectivity index (χ1n) is 33.8. The van der Waals surface area contributed by atoms with Crippen LogP contribution in [-0.2, 0) is 605 Å². The molecule has 12 heterocycles. The summed E-state index contributed by atoms with van der Waals surface area (Å²) in [6, 6.07) is 48.4. The molecule has 17 nitrogen and oxygen atoms in total. The van der Waals surface area contributed by atoms with Crippen molar-refractivity contribution in [2.24, 2.45) is 48.2 Å². The zero-order valence-corrected chi connectivity index (χ0v) is 121. The quantitative estimate of drug-likeness (QED) is 0.133. The summed E-state index contributed by atoms with van der Waals surface area (Å²) < 4.78 is 16.3. The van der Waals surface area contributed by atoms with E-state index in [4.69, 9.17) is 0 Å². The van der Waals surface area contributed by atoms with E-state index in [0.29, 0.717) is 11.7 Å². The number of hydrogen-bond acceptors (Lipinski definition) is 11. The van der Waals surface area contributed by atoms with Gasteiger partial charge in [-0.2, -0.15) is 75.9 Å². The standard InChI is InChI=1S/C11H13N.C9H10N2.C9H10N.C8H7N2.C7H8N.C7H14.C6H9N.2C6H6N.C5H8N2.C5H7N2.C4H6N2O.17Y/c1-8-4-5-11-10(6-8)9(2)7-12(11)3;1-7-3-4-9-8(5-7)6-10-11(9)2;1-10-7-6-8-4-2-3-5-9(8)10;1-10-6-4-7-3-2-5-9-8(7)10;1-6-3-4-7(2)8-5-6;1-7-5-3-2-4-6-7;1-6-3-4-7(2)5-6;1-6-2-4-7-5-3-6;1-6-4-2-3-5-7-6;1-5-3-7(2)4-6-5;1-5-3-4-7(2)6-5;1-3-5-4(2)7-6-3;;;;;;;;;;;;;;;;;/h4-7H,1-3H3;3-6H,1-2H3;3-5H,6-7H2,1H3;3-6H,1H3;3,5H,1-2H3;7H,2-6H2,1H3;3-5H,1-2H3;2*2-4H,1H3;3-4H,1-2H3;4H,1-2H3;1-2H3;;;;;;;;;;;;;;;;;/q;;3*-1;;;2*-1;;-1;;;;;;;;;;;;;;;;;;. The Kier molecular flexibility index (Phi) is 119. The van der Waals surface area contributed by atoms with Crippen molar-refractivity contribution in [2.45, 2.75) is 129 Å². The average Bonchev–Trinajstić information content (AvgIpc) is 1.71. The van der Waals surface area contributed by atoms with Crippen LogP contribution in [0.4, 0.5) is 5.69 Å². The van der Waals surface area contributed by atoms with Gasteiger partial charge in [-0.3, -0.25) is 9.67 Å². The molecule has 2 aliphatic rings. The van der Waals surface area contributed by atoms with Crippen LogP contribution in [0.3, 0.4) is 0 Å². The van der Waals surface area contributed by atoms with Gasteiger partial charge in [-0.05, 0) is 102 Å². The van der Waals surface area contributed by atoms with E-state index in [-0.39, 0.29) is 556 Å². The molecule has 1 fully saturated rings. The van der Waals surface area contributed by atoms with Crippen LogP contribution in [0.1, 0.15) is 112 Å². The molecule has 0 atom stereocenters. The molecule has 0 amide bonds. The monoisotopic (exact) mass is 2850 g/mol. The first-order valence-corrected chi connectivity index (χ1v) is 33.8. The summed E-state index contributed by atoms with van der Waals surface area (Å²) in [6.45, 7) is 27.3. The molecule has 1 aliphatic heterocycles. The van der Waals surface area contributed by atoms with Gasteiger partial charge in [0.2, 0.25) is 5.89 Å².